The zero-order valence-corrected chi connectivity index (χ0v) is 17.4. The molecule has 0 amide bonds. The molecule has 0 atom stereocenters. The van der Waals surface area contributed by atoms with Crippen LogP contribution < -0.4 is 9.30 Å². The normalized spacial score (nSPS) is 12.1. The van der Waals surface area contributed by atoms with Gasteiger partial charge in [0.05, 0.1) is 19.1 Å². The van der Waals surface area contributed by atoms with E-state index in [-0.39, 0.29) is 23.8 Å². The predicted octanol–water partition coefficient (Wildman–Crippen LogP) is 1.83. The lowest BCUT2D eigenvalue weighted by Gasteiger charge is -2.06. The lowest BCUT2D eigenvalue weighted by molar-refractivity contribution is -0.696. The van der Waals surface area contributed by atoms with Crippen molar-refractivity contribution in [3.05, 3.63) is 48.9 Å². The summed E-state index contributed by atoms with van der Waals surface area (Å²) in [5, 5.41) is 0. The molecule has 3 aromatic rings. The number of oxazole rings is 1. The smallest absolute Gasteiger partial charge is 0.298 e. The van der Waals surface area contributed by atoms with Gasteiger partial charge in [0, 0.05) is 29.7 Å². The van der Waals surface area contributed by atoms with E-state index < -0.39 is 25.1 Å². The highest BCUT2D eigenvalue weighted by Gasteiger charge is 2.19. The second-order valence-corrected chi connectivity index (χ2v) is 9.30. The molecule has 0 spiro atoms. The third-order valence-corrected chi connectivity index (χ3v) is 5.87. The Hall–Kier alpha value is -2.80. The second-order valence-electron chi connectivity index (χ2n) is 6.33. The summed E-state index contributed by atoms with van der Waals surface area (Å²) in [4.78, 5) is 3.76. The fourth-order valence-corrected chi connectivity index (χ4v) is 3.93. The minimum Gasteiger partial charge on any atom is -0.495 e. The Balaban J connectivity index is 1.80. The number of pyridine rings is 1. The van der Waals surface area contributed by atoms with Crippen LogP contribution >= 0.6 is 0 Å². The van der Waals surface area contributed by atoms with Gasteiger partial charge in [0.2, 0.25) is 5.89 Å². The molecule has 0 aliphatic heterocycles. The summed E-state index contributed by atoms with van der Waals surface area (Å²) in [7, 11) is -7.19. The van der Waals surface area contributed by atoms with Gasteiger partial charge in [-0.05, 0) is 18.2 Å². The Morgan fingerprint density at radius 1 is 1.07 bits per heavy atom. The number of methoxy groups -OCH3 is 1. The third-order valence-electron chi connectivity index (χ3n) is 4.19. The minimum atomic E-state index is -4.49. The van der Waals surface area contributed by atoms with Crippen molar-refractivity contribution in [2.45, 2.75) is 17.9 Å². The molecule has 2 heterocycles. The van der Waals surface area contributed by atoms with Crippen LogP contribution in [0.3, 0.4) is 0 Å². The van der Waals surface area contributed by atoms with E-state index in [1.165, 1.54) is 25.4 Å². The Kier molecular flexibility index (Phi) is 6.22. The molecular weight excluding hydrogens is 436 g/mol. The number of aromatic nitrogens is 2. The molecule has 0 aliphatic rings. The topological polar surface area (TPSA) is 148 Å². The highest BCUT2D eigenvalue weighted by molar-refractivity contribution is 7.86. The monoisotopic (exact) mass is 455 g/mol. The molecule has 2 N–H and O–H groups in total. The van der Waals surface area contributed by atoms with E-state index in [0.29, 0.717) is 23.4 Å². The van der Waals surface area contributed by atoms with E-state index in [2.05, 4.69) is 4.98 Å². The largest absolute Gasteiger partial charge is 0.495 e. The molecule has 0 radical (unpaired) electrons. The zero-order valence-electron chi connectivity index (χ0n) is 15.8. The number of hydrogen-bond acceptors (Lipinski definition) is 7. The minimum absolute atomic E-state index is 0.00496. The highest BCUT2D eigenvalue weighted by atomic mass is 32.2. The van der Waals surface area contributed by atoms with Gasteiger partial charge in [0.15, 0.2) is 18.2 Å². The number of aryl methyl sites for hydroxylation is 1. The molecule has 2 aromatic heterocycles. The average Bonchev–Trinajstić information content (AvgIpc) is 3.16. The molecular formula is C18H19N2O8S2+. The summed E-state index contributed by atoms with van der Waals surface area (Å²) in [5.74, 6) is 0.261. The molecule has 160 valence electrons. The van der Waals surface area contributed by atoms with Crippen LogP contribution in [0, 0.1) is 0 Å². The summed E-state index contributed by atoms with van der Waals surface area (Å²) in [6.07, 6.45) is 5.20. The zero-order chi connectivity index (χ0) is 21.9. The first-order chi connectivity index (χ1) is 14.1. The van der Waals surface area contributed by atoms with Gasteiger partial charge in [-0.15, -0.1) is 0 Å². The standard InChI is InChI=1S/C18H18N2O8S2/c1-27-15-4-3-14(11-17(15)30(24,25)26)18-19-12-16(28-18)13-5-8-20(9-6-13)7-2-10-29(21,22)23/h3-6,8-9,11-12H,2,7,10H2,1H3,(H-,21,22,23,24,25,26)/p+1. The molecule has 0 aliphatic carbocycles. The van der Waals surface area contributed by atoms with Gasteiger partial charge in [-0.3, -0.25) is 9.11 Å². The van der Waals surface area contributed by atoms with E-state index in [0.717, 1.165) is 0 Å². The van der Waals surface area contributed by atoms with Crippen LogP contribution in [0.25, 0.3) is 22.8 Å². The molecule has 3 rings (SSSR count). The van der Waals surface area contributed by atoms with Gasteiger partial charge in [-0.2, -0.15) is 16.8 Å². The SMILES string of the molecule is COc1ccc(-c2ncc(-c3cc[n+](CCCS(=O)(=O)O)cc3)o2)cc1S(=O)(=O)O. The van der Waals surface area contributed by atoms with E-state index in [1.807, 2.05) is 0 Å². The van der Waals surface area contributed by atoms with Crippen LogP contribution in [0.5, 0.6) is 5.75 Å². The maximum Gasteiger partial charge on any atom is 0.298 e. The van der Waals surface area contributed by atoms with Crippen molar-refractivity contribution in [2.75, 3.05) is 12.9 Å². The maximum atomic E-state index is 11.6. The van der Waals surface area contributed by atoms with E-state index in [9.17, 15) is 21.4 Å². The van der Waals surface area contributed by atoms with Crippen LogP contribution in [-0.2, 0) is 26.8 Å². The Morgan fingerprint density at radius 2 is 1.77 bits per heavy atom. The van der Waals surface area contributed by atoms with Crippen molar-refractivity contribution >= 4 is 20.2 Å². The third kappa shape index (κ3) is 5.42. The van der Waals surface area contributed by atoms with Crippen molar-refractivity contribution in [3.8, 4) is 28.5 Å². The van der Waals surface area contributed by atoms with Crippen LogP contribution in [0.15, 0.2) is 58.2 Å². The fourth-order valence-electron chi connectivity index (χ4n) is 2.75. The van der Waals surface area contributed by atoms with Gasteiger partial charge < -0.3 is 9.15 Å². The number of benzene rings is 1. The van der Waals surface area contributed by atoms with Gasteiger partial charge in [0.1, 0.15) is 17.2 Å². The Morgan fingerprint density at radius 3 is 2.37 bits per heavy atom. The molecule has 10 nitrogen and oxygen atoms in total. The van der Waals surface area contributed by atoms with E-state index in [1.54, 1.807) is 35.2 Å². The van der Waals surface area contributed by atoms with Gasteiger partial charge in [-0.1, -0.05) is 0 Å². The van der Waals surface area contributed by atoms with Crippen molar-refractivity contribution in [3.63, 3.8) is 0 Å². The molecule has 30 heavy (non-hydrogen) atoms. The summed E-state index contributed by atoms with van der Waals surface area (Å²) in [6.45, 7) is 0.409. The first-order valence-corrected chi connectivity index (χ1v) is 11.7. The lowest BCUT2D eigenvalue weighted by Crippen LogP contribution is -2.33. The van der Waals surface area contributed by atoms with Crippen LogP contribution in [0.2, 0.25) is 0 Å². The number of rotatable bonds is 8. The fraction of sp³-hybridized carbons (Fsp3) is 0.222. The van der Waals surface area contributed by atoms with Gasteiger partial charge in [0.25, 0.3) is 20.2 Å². The molecule has 0 bridgehead atoms. The second kappa shape index (κ2) is 8.52. The quantitative estimate of drug-likeness (QED) is 0.383. The summed E-state index contributed by atoms with van der Waals surface area (Å²) in [5.41, 5.74) is 1.04. The summed E-state index contributed by atoms with van der Waals surface area (Å²) in [6, 6.07) is 7.64. The summed E-state index contributed by atoms with van der Waals surface area (Å²) < 4.78 is 75.2. The average molecular weight is 455 g/mol. The van der Waals surface area contributed by atoms with Crippen molar-refractivity contribution in [1.82, 2.24) is 4.98 Å². The Labute approximate surface area is 173 Å². The van der Waals surface area contributed by atoms with Crippen molar-refractivity contribution < 1.29 is 39.7 Å². The predicted molar refractivity (Wildman–Crippen MR) is 105 cm³/mol. The Bertz CT molecular complexity index is 1250. The first kappa shape index (κ1) is 21.9. The van der Waals surface area contributed by atoms with Crippen molar-refractivity contribution in [2.24, 2.45) is 0 Å². The molecule has 0 saturated heterocycles. The molecule has 1 aromatic carbocycles. The maximum absolute atomic E-state index is 11.6. The van der Waals surface area contributed by atoms with E-state index in [4.69, 9.17) is 13.7 Å². The number of hydrogen-bond donors (Lipinski definition) is 2. The molecule has 0 unspecified atom stereocenters. The summed E-state index contributed by atoms with van der Waals surface area (Å²) >= 11 is 0. The molecule has 0 fully saturated rings. The van der Waals surface area contributed by atoms with Crippen LogP contribution in [0.4, 0.5) is 0 Å². The van der Waals surface area contributed by atoms with Gasteiger partial charge in [-0.25, -0.2) is 9.55 Å². The first-order valence-electron chi connectivity index (χ1n) is 8.63. The molecule has 12 heteroatoms. The lowest BCUT2D eigenvalue weighted by atomic mass is 10.2. The van der Waals surface area contributed by atoms with Crippen molar-refractivity contribution in [1.29, 1.82) is 0 Å². The number of nitrogens with zero attached hydrogens (tertiary/aromatic N) is 2. The van der Waals surface area contributed by atoms with Crippen LogP contribution in [0.1, 0.15) is 6.42 Å². The van der Waals surface area contributed by atoms with Crippen LogP contribution in [-0.4, -0.2) is 43.8 Å². The van der Waals surface area contributed by atoms with E-state index >= 15 is 0 Å². The van der Waals surface area contributed by atoms with Gasteiger partial charge >= 0.3 is 0 Å². The highest BCUT2D eigenvalue weighted by Crippen LogP contribution is 2.31. The number of ether oxygens (including phenoxy) is 1. The molecule has 0 saturated carbocycles.